The molecule has 0 aliphatic carbocycles. The van der Waals surface area contributed by atoms with Crippen LogP contribution in [0.3, 0.4) is 0 Å². The Morgan fingerprint density at radius 3 is 2.64 bits per heavy atom. The molecule has 1 amide bonds. The topological polar surface area (TPSA) is 150 Å². The molecule has 0 spiro atoms. The third-order valence-electron chi connectivity index (χ3n) is 5.72. The fourth-order valence-corrected chi connectivity index (χ4v) is 4.37. The average Bonchev–Trinajstić information content (AvgIpc) is 3.32. The molecule has 0 radical (unpaired) electrons. The Morgan fingerprint density at radius 1 is 1.08 bits per heavy atom. The molecule has 5 rings (SSSR count). The first-order valence-electron chi connectivity index (χ1n) is 11.3. The lowest BCUT2D eigenvalue weighted by molar-refractivity contribution is 0.0626. The zero-order chi connectivity index (χ0) is 25.0. The van der Waals surface area contributed by atoms with E-state index in [9.17, 15) is 9.90 Å². The van der Waals surface area contributed by atoms with Crippen molar-refractivity contribution < 1.29 is 9.90 Å². The Kier molecular flexibility index (Phi) is 6.80. The molecule has 5 heterocycles. The molecular formula is C24H25N9O2S. The van der Waals surface area contributed by atoms with E-state index in [4.69, 9.17) is 0 Å². The Morgan fingerprint density at radius 2 is 1.89 bits per heavy atom. The summed E-state index contributed by atoms with van der Waals surface area (Å²) in [6.07, 6.45) is 3.29. The van der Waals surface area contributed by atoms with Crippen LogP contribution in [0.4, 0.5) is 23.3 Å². The number of rotatable bonds is 9. The summed E-state index contributed by atoms with van der Waals surface area (Å²) in [7, 11) is 0. The number of amides is 1. The number of pyridine rings is 1. The van der Waals surface area contributed by atoms with E-state index in [1.165, 1.54) is 11.3 Å². The van der Waals surface area contributed by atoms with Crippen molar-refractivity contribution in [1.82, 2.24) is 35.6 Å². The van der Waals surface area contributed by atoms with Gasteiger partial charge in [0.1, 0.15) is 17.3 Å². The molecular weight excluding hydrogens is 478 g/mol. The second-order valence-corrected chi connectivity index (χ2v) is 9.50. The number of aryl methyl sites for hydroxylation is 1. The van der Waals surface area contributed by atoms with Gasteiger partial charge in [-0.15, -0.1) is 11.3 Å². The van der Waals surface area contributed by atoms with E-state index in [1.54, 1.807) is 30.6 Å². The monoisotopic (exact) mass is 503 g/mol. The summed E-state index contributed by atoms with van der Waals surface area (Å²) in [5.41, 5.74) is 2.02. The van der Waals surface area contributed by atoms with E-state index >= 15 is 0 Å². The molecule has 1 aliphatic heterocycles. The summed E-state index contributed by atoms with van der Waals surface area (Å²) in [6, 6.07) is 10.9. The first kappa shape index (κ1) is 23.7. The molecule has 4 aromatic rings. The Hall–Kier alpha value is -4.00. The van der Waals surface area contributed by atoms with Gasteiger partial charge in [-0.25, -0.2) is 19.9 Å². The predicted molar refractivity (Wildman–Crippen MR) is 138 cm³/mol. The fraction of sp³-hybridized carbons (Fsp3) is 0.250. The zero-order valence-corrected chi connectivity index (χ0v) is 20.3. The first-order chi connectivity index (χ1) is 17.5. The van der Waals surface area contributed by atoms with Crippen LogP contribution in [-0.2, 0) is 0 Å². The number of hydrogen-bond donors (Lipinski definition) is 5. The minimum atomic E-state index is -0.268. The van der Waals surface area contributed by atoms with Crippen LogP contribution in [0.2, 0.25) is 0 Å². The molecule has 36 heavy (non-hydrogen) atoms. The molecule has 0 aromatic carbocycles. The third kappa shape index (κ3) is 5.46. The number of carbonyl (C=O) groups excluding carboxylic acids is 1. The molecule has 5 N–H and O–H groups in total. The van der Waals surface area contributed by atoms with E-state index in [0.29, 0.717) is 59.3 Å². The van der Waals surface area contributed by atoms with E-state index in [0.717, 1.165) is 5.69 Å². The quantitative estimate of drug-likeness (QED) is 0.230. The summed E-state index contributed by atoms with van der Waals surface area (Å²) >= 11 is 1.32. The number of carbonyl (C=O) groups is 1. The van der Waals surface area contributed by atoms with Crippen LogP contribution in [0.25, 0.3) is 11.5 Å². The van der Waals surface area contributed by atoms with Gasteiger partial charge in [0, 0.05) is 48.5 Å². The number of aromatic nitrogens is 5. The van der Waals surface area contributed by atoms with Gasteiger partial charge in [-0.1, -0.05) is 6.07 Å². The van der Waals surface area contributed by atoms with Crippen LogP contribution >= 0.6 is 11.3 Å². The largest absolute Gasteiger partial charge is 0.396 e. The smallest absolute Gasteiger partial charge is 0.261 e. The maximum Gasteiger partial charge on any atom is 0.261 e. The zero-order valence-electron chi connectivity index (χ0n) is 19.5. The molecule has 184 valence electrons. The van der Waals surface area contributed by atoms with Gasteiger partial charge in [0.05, 0.1) is 17.2 Å². The lowest BCUT2D eigenvalue weighted by Crippen LogP contribution is -2.60. The van der Waals surface area contributed by atoms with Crippen LogP contribution in [0.5, 0.6) is 0 Å². The lowest BCUT2D eigenvalue weighted by atomic mass is 9.82. The van der Waals surface area contributed by atoms with Crippen LogP contribution in [-0.4, -0.2) is 62.2 Å². The molecule has 1 fully saturated rings. The van der Waals surface area contributed by atoms with Gasteiger partial charge in [0.15, 0.2) is 5.82 Å². The molecule has 11 nitrogen and oxygen atoms in total. The van der Waals surface area contributed by atoms with Gasteiger partial charge in [-0.2, -0.15) is 4.98 Å². The number of hydrogen-bond acceptors (Lipinski definition) is 11. The van der Waals surface area contributed by atoms with Crippen molar-refractivity contribution in [2.75, 3.05) is 36.9 Å². The van der Waals surface area contributed by atoms with Crippen molar-refractivity contribution in [2.45, 2.75) is 6.92 Å². The molecule has 4 aromatic heterocycles. The second kappa shape index (κ2) is 10.3. The summed E-state index contributed by atoms with van der Waals surface area (Å²) in [5, 5.41) is 23.7. The highest BCUT2D eigenvalue weighted by molar-refractivity contribution is 7.12. The van der Waals surface area contributed by atoms with Gasteiger partial charge < -0.3 is 26.4 Å². The standard InChI is InChI=1S/C24H25N9O2S/c1-15-3-2-4-17(29-15)21-26-7-5-19(32-21)31-20-6-8-27-23(33-20)30-16-9-18(36-10-16)22(35)28-13-24(14-34)11-25-12-24/h2-10,25,34H,11-14H2,1H3,(H,28,35)(H2,26,27,30,31,32,33). The van der Waals surface area contributed by atoms with Crippen molar-refractivity contribution in [3.8, 4) is 11.5 Å². The Balaban J connectivity index is 1.22. The third-order valence-corrected chi connectivity index (χ3v) is 6.65. The van der Waals surface area contributed by atoms with E-state index in [1.807, 2.05) is 30.5 Å². The SMILES string of the molecule is Cc1cccc(-c2nccc(Nc3ccnc(Nc4csc(C(=O)NCC5(CO)CNC5)c4)n3)n2)n1. The number of aliphatic hydroxyl groups excluding tert-OH is 1. The van der Waals surface area contributed by atoms with Crippen molar-refractivity contribution in [3.63, 3.8) is 0 Å². The lowest BCUT2D eigenvalue weighted by Gasteiger charge is -2.41. The highest BCUT2D eigenvalue weighted by Gasteiger charge is 2.36. The van der Waals surface area contributed by atoms with Crippen LogP contribution < -0.4 is 21.3 Å². The number of nitrogens with zero attached hydrogens (tertiary/aromatic N) is 5. The maximum absolute atomic E-state index is 12.5. The first-order valence-corrected chi connectivity index (χ1v) is 12.2. The molecule has 1 saturated heterocycles. The minimum absolute atomic E-state index is 0.0401. The molecule has 0 bridgehead atoms. The Labute approximate surface area is 211 Å². The summed E-state index contributed by atoms with van der Waals surface area (Å²) in [4.78, 5) is 35.2. The van der Waals surface area contributed by atoms with Crippen molar-refractivity contribution >= 4 is 40.5 Å². The fourth-order valence-electron chi connectivity index (χ4n) is 3.62. The van der Waals surface area contributed by atoms with E-state index < -0.39 is 0 Å². The van der Waals surface area contributed by atoms with Gasteiger partial charge in [0.2, 0.25) is 5.95 Å². The van der Waals surface area contributed by atoms with Gasteiger partial charge in [-0.05, 0) is 37.3 Å². The van der Waals surface area contributed by atoms with E-state index in [-0.39, 0.29) is 17.9 Å². The Bertz CT molecular complexity index is 1370. The summed E-state index contributed by atoms with van der Waals surface area (Å²) < 4.78 is 0. The molecule has 0 saturated carbocycles. The van der Waals surface area contributed by atoms with Crippen molar-refractivity contribution in [1.29, 1.82) is 0 Å². The number of aliphatic hydroxyl groups is 1. The number of thiophene rings is 1. The maximum atomic E-state index is 12.5. The molecule has 0 unspecified atom stereocenters. The van der Waals surface area contributed by atoms with Crippen molar-refractivity contribution in [2.24, 2.45) is 5.41 Å². The highest BCUT2D eigenvalue weighted by Crippen LogP contribution is 2.24. The van der Waals surface area contributed by atoms with Crippen LogP contribution in [0.15, 0.2) is 54.2 Å². The average molecular weight is 504 g/mol. The van der Waals surface area contributed by atoms with Gasteiger partial charge in [-0.3, -0.25) is 4.79 Å². The van der Waals surface area contributed by atoms with Crippen LogP contribution in [0, 0.1) is 12.3 Å². The highest BCUT2D eigenvalue weighted by atomic mass is 32.1. The number of anilines is 4. The minimum Gasteiger partial charge on any atom is -0.396 e. The van der Waals surface area contributed by atoms with E-state index in [2.05, 4.69) is 46.2 Å². The normalized spacial score (nSPS) is 14.1. The predicted octanol–water partition coefficient (Wildman–Crippen LogP) is 2.50. The van der Waals surface area contributed by atoms with Gasteiger partial charge >= 0.3 is 0 Å². The summed E-state index contributed by atoms with van der Waals surface area (Å²) in [6.45, 7) is 3.78. The number of nitrogens with one attached hydrogen (secondary N) is 4. The molecule has 1 aliphatic rings. The molecule has 12 heteroatoms. The van der Waals surface area contributed by atoms with Crippen LogP contribution in [0.1, 0.15) is 15.4 Å². The second-order valence-electron chi connectivity index (χ2n) is 8.59. The van der Waals surface area contributed by atoms with Crippen molar-refractivity contribution in [3.05, 3.63) is 64.7 Å². The molecule has 0 atom stereocenters. The summed E-state index contributed by atoms with van der Waals surface area (Å²) in [5.74, 6) is 1.83. The van der Waals surface area contributed by atoms with Gasteiger partial charge in [0.25, 0.3) is 5.91 Å².